The zero-order chi connectivity index (χ0) is 14.1. The number of likely N-dealkylation sites (tertiary alicyclic amines) is 1. The van der Waals surface area contributed by atoms with Gasteiger partial charge in [0.05, 0.1) is 0 Å². The molecule has 20 heavy (non-hydrogen) atoms. The molecule has 2 heterocycles. The van der Waals surface area contributed by atoms with Crippen molar-refractivity contribution in [1.29, 1.82) is 0 Å². The summed E-state index contributed by atoms with van der Waals surface area (Å²) in [5.74, 6) is 1.66. The molecule has 1 N–H and O–H groups in total. The number of nitrogens with one attached hydrogen (secondary N) is 1. The minimum absolute atomic E-state index is 0.683. The van der Waals surface area contributed by atoms with Gasteiger partial charge in [0.2, 0.25) is 0 Å². The summed E-state index contributed by atoms with van der Waals surface area (Å²) in [6.07, 6.45) is 3.88. The van der Waals surface area contributed by atoms with Gasteiger partial charge in [-0.3, -0.25) is 4.90 Å². The third-order valence-electron chi connectivity index (χ3n) is 5.40. The van der Waals surface area contributed by atoms with Gasteiger partial charge in [0.1, 0.15) is 0 Å². The van der Waals surface area contributed by atoms with E-state index < -0.39 is 0 Å². The Hall–Kier alpha value is -1.02. The highest BCUT2D eigenvalue weighted by molar-refractivity contribution is 5.52. The van der Waals surface area contributed by atoms with Crippen LogP contribution in [-0.2, 0) is 6.42 Å². The molecule has 4 unspecified atom stereocenters. The van der Waals surface area contributed by atoms with E-state index in [1.165, 1.54) is 37.1 Å². The van der Waals surface area contributed by atoms with Gasteiger partial charge < -0.3 is 5.32 Å². The quantitative estimate of drug-likeness (QED) is 0.837. The van der Waals surface area contributed by atoms with Crippen LogP contribution < -0.4 is 5.32 Å². The highest BCUT2D eigenvalue weighted by Crippen LogP contribution is 2.31. The van der Waals surface area contributed by atoms with Gasteiger partial charge in [-0.05, 0) is 49.7 Å². The highest BCUT2D eigenvalue weighted by atomic mass is 15.2. The van der Waals surface area contributed by atoms with E-state index in [4.69, 9.17) is 0 Å². The predicted molar refractivity (Wildman–Crippen MR) is 86.2 cm³/mol. The highest BCUT2D eigenvalue weighted by Gasteiger charge is 2.33. The predicted octanol–water partition coefficient (Wildman–Crippen LogP) is 3.78. The first-order valence-electron chi connectivity index (χ1n) is 8.22. The van der Waals surface area contributed by atoms with Crippen molar-refractivity contribution >= 4 is 5.69 Å². The van der Waals surface area contributed by atoms with Crippen molar-refractivity contribution in [3.63, 3.8) is 0 Å². The Kier molecular flexibility index (Phi) is 4.02. The van der Waals surface area contributed by atoms with E-state index in [1.54, 1.807) is 0 Å². The van der Waals surface area contributed by atoms with Gasteiger partial charge in [-0.15, -0.1) is 0 Å². The molecule has 1 fully saturated rings. The summed E-state index contributed by atoms with van der Waals surface area (Å²) in [7, 11) is 0. The molecule has 3 rings (SSSR count). The lowest BCUT2D eigenvalue weighted by molar-refractivity contribution is 0.0420. The maximum Gasteiger partial charge on any atom is 0.0373 e. The molecule has 0 bridgehead atoms. The van der Waals surface area contributed by atoms with Crippen molar-refractivity contribution in [3.05, 3.63) is 29.8 Å². The Morgan fingerprint density at radius 1 is 1.15 bits per heavy atom. The Labute approximate surface area is 123 Å². The molecule has 0 aromatic heterocycles. The number of hydrogen-bond donors (Lipinski definition) is 1. The number of hydrogen-bond acceptors (Lipinski definition) is 2. The third kappa shape index (κ3) is 2.71. The maximum atomic E-state index is 3.68. The van der Waals surface area contributed by atoms with Gasteiger partial charge in [-0.1, -0.05) is 32.0 Å². The second-order valence-electron chi connectivity index (χ2n) is 6.99. The Balaban J connectivity index is 1.73. The maximum absolute atomic E-state index is 3.68. The number of nitrogens with zero attached hydrogens (tertiary/aromatic N) is 1. The van der Waals surface area contributed by atoms with Crippen LogP contribution in [0.5, 0.6) is 0 Å². The standard InChI is InChI=1S/C18H28N2/c1-13-10-14(2)15(3)20(12-13)17-9-8-16-6-4-5-7-18(16)19-11-17/h4-7,13-15,17,19H,8-12H2,1-3H3. The molecule has 1 aromatic rings. The van der Waals surface area contributed by atoms with E-state index in [9.17, 15) is 0 Å². The van der Waals surface area contributed by atoms with Crippen molar-refractivity contribution in [2.45, 2.75) is 52.1 Å². The second kappa shape index (κ2) is 5.77. The first-order chi connectivity index (χ1) is 9.65. The van der Waals surface area contributed by atoms with Gasteiger partial charge in [0, 0.05) is 30.9 Å². The number of para-hydroxylation sites is 1. The van der Waals surface area contributed by atoms with E-state index in [1.807, 2.05) is 0 Å². The SMILES string of the molecule is CC1CC(C)C(C)N(C2CCc3ccccc3NC2)C1. The molecule has 2 heteroatoms. The van der Waals surface area contributed by atoms with Crippen LogP contribution >= 0.6 is 0 Å². The molecular formula is C18H28N2. The van der Waals surface area contributed by atoms with Gasteiger partial charge in [-0.25, -0.2) is 0 Å². The van der Waals surface area contributed by atoms with E-state index in [2.05, 4.69) is 55.3 Å². The summed E-state index contributed by atoms with van der Waals surface area (Å²) in [6, 6.07) is 10.2. The first-order valence-corrected chi connectivity index (χ1v) is 8.22. The summed E-state index contributed by atoms with van der Waals surface area (Å²) < 4.78 is 0. The molecule has 0 radical (unpaired) electrons. The molecule has 1 saturated heterocycles. The van der Waals surface area contributed by atoms with E-state index >= 15 is 0 Å². The van der Waals surface area contributed by atoms with Gasteiger partial charge in [0.15, 0.2) is 0 Å². The molecule has 0 amide bonds. The molecule has 2 aliphatic heterocycles. The Morgan fingerprint density at radius 2 is 1.95 bits per heavy atom. The van der Waals surface area contributed by atoms with Crippen LogP contribution in [0.15, 0.2) is 24.3 Å². The van der Waals surface area contributed by atoms with Crippen LogP contribution in [-0.4, -0.2) is 30.1 Å². The summed E-state index contributed by atoms with van der Waals surface area (Å²) >= 11 is 0. The number of benzene rings is 1. The van der Waals surface area contributed by atoms with Crippen molar-refractivity contribution < 1.29 is 0 Å². The van der Waals surface area contributed by atoms with Crippen molar-refractivity contribution in [2.24, 2.45) is 11.8 Å². The van der Waals surface area contributed by atoms with Crippen LogP contribution in [0.4, 0.5) is 5.69 Å². The lowest BCUT2D eigenvalue weighted by Gasteiger charge is -2.45. The van der Waals surface area contributed by atoms with Crippen LogP contribution in [0.1, 0.15) is 39.2 Å². The summed E-state index contributed by atoms with van der Waals surface area (Å²) in [4.78, 5) is 2.78. The monoisotopic (exact) mass is 272 g/mol. The average molecular weight is 272 g/mol. The van der Waals surface area contributed by atoms with Crippen LogP contribution in [0.2, 0.25) is 0 Å². The van der Waals surface area contributed by atoms with E-state index in [-0.39, 0.29) is 0 Å². The summed E-state index contributed by atoms with van der Waals surface area (Å²) in [6.45, 7) is 9.63. The topological polar surface area (TPSA) is 15.3 Å². The Morgan fingerprint density at radius 3 is 2.80 bits per heavy atom. The van der Waals surface area contributed by atoms with Crippen LogP contribution in [0.25, 0.3) is 0 Å². The molecule has 1 aromatic carbocycles. The van der Waals surface area contributed by atoms with Gasteiger partial charge in [-0.2, -0.15) is 0 Å². The van der Waals surface area contributed by atoms with E-state index in [0.29, 0.717) is 6.04 Å². The number of anilines is 1. The average Bonchev–Trinajstić information content (AvgIpc) is 2.65. The molecule has 110 valence electrons. The lowest BCUT2D eigenvalue weighted by atomic mass is 9.84. The fourth-order valence-corrected chi connectivity index (χ4v) is 4.09. The Bertz CT molecular complexity index is 429. The van der Waals surface area contributed by atoms with Crippen LogP contribution in [0.3, 0.4) is 0 Å². The largest absolute Gasteiger partial charge is 0.383 e. The molecule has 0 spiro atoms. The molecule has 0 aliphatic carbocycles. The fraction of sp³-hybridized carbons (Fsp3) is 0.667. The molecule has 2 nitrogen and oxygen atoms in total. The van der Waals surface area contributed by atoms with Crippen molar-refractivity contribution in [3.8, 4) is 0 Å². The minimum atomic E-state index is 0.683. The van der Waals surface area contributed by atoms with Crippen molar-refractivity contribution in [1.82, 2.24) is 4.90 Å². The summed E-state index contributed by atoms with van der Waals surface area (Å²) in [5, 5.41) is 3.68. The molecule has 4 atom stereocenters. The third-order valence-corrected chi connectivity index (χ3v) is 5.40. The summed E-state index contributed by atoms with van der Waals surface area (Å²) in [5.41, 5.74) is 2.83. The number of piperidine rings is 1. The zero-order valence-electron chi connectivity index (χ0n) is 13.1. The minimum Gasteiger partial charge on any atom is -0.383 e. The number of aryl methyl sites for hydroxylation is 1. The molecule has 2 aliphatic rings. The first kappa shape index (κ1) is 13.9. The second-order valence-corrected chi connectivity index (χ2v) is 6.99. The number of fused-ring (bicyclic) bond motifs is 1. The number of rotatable bonds is 1. The lowest BCUT2D eigenvalue weighted by Crippen LogP contribution is -2.52. The van der Waals surface area contributed by atoms with Crippen LogP contribution in [0, 0.1) is 11.8 Å². The van der Waals surface area contributed by atoms with Gasteiger partial charge in [0.25, 0.3) is 0 Å². The molecular weight excluding hydrogens is 244 g/mol. The fourth-order valence-electron chi connectivity index (χ4n) is 4.09. The normalized spacial score (nSPS) is 35.0. The van der Waals surface area contributed by atoms with Gasteiger partial charge >= 0.3 is 0 Å². The van der Waals surface area contributed by atoms with E-state index in [0.717, 1.165) is 24.4 Å². The smallest absolute Gasteiger partial charge is 0.0373 e. The zero-order valence-corrected chi connectivity index (χ0v) is 13.1. The molecule has 0 saturated carbocycles. The van der Waals surface area contributed by atoms with Crippen molar-refractivity contribution in [2.75, 3.05) is 18.4 Å².